The molecule has 0 bridgehead atoms. The molecule has 5 nitrogen and oxygen atoms in total. The van der Waals surface area contributed by atoms with E-state index >= 15 is 0 Å². The highest BCUT2D eigenvalue weighted by Crippen LogP contribution is 2.17. The van der Waals surface area contributed by atoms with Crippen molar-refractivity contribution in [3.05, 3.63) is 0 Å². The Balaban J connectivity index is 0.00000121. The predicted octanol–water partition coefficient (Wildman–Crippen LogP) is 0.188. The first kappa shape index (κ1) is 11.2. The molecule has 1 fully saturated rings. The van der Waals surface area contributed by atoms with Crippen LogP contribution >= 0.6 is 24.2 Å². The van der Waals surface area contributed by atoms with E-state index < -0.39 is 23.7 Å². The van der Waals surface area contributed by atoms with Crippen LogP contribution in [-0.4, -0.2) is 39.4 Å². The smallest absolute Gasteiger partial charge is 0.323 e. The largest absolute Gasteiger partial charge is 0.480 e. The molecule has 0 spiro atoms. The number of carboxylic acids is 1. The number of imide groups is 1. The van der Waals surface area contributed by atoms with Crippen molar-refractivity contribution in [2.24, 2.45) is 0 Å². The molecule has 2 amide bonds. The van der Waals surface area contributed by atoms with Gasteiger partial charge >= 0.3 is 5.97 Å². The van der Waals surface area contributed by atoms with E-state index in [-0.39, 0.29) is 18.2 Å². The normalized spacial score (nSPS) is 16.2. The summed E-state index contributed by atoms with van der Waals surface area (Å²) in [4.78, 5) is 32.3. The molecule has 0 saturated carbocycles. The maximum Gasteiger partial charge on any atom is 0.323 e. The van der Waals surface area contributed by atoms with Crippen LogP contribution in [0.5, 0.6) is 0 Å². The zero-order valence-electron chi connectivity index (χ0n) is 5.85. The second-order valence-corrected chi connectivity index (χ2v) is 2.85. The van der Waals surface area contributed by atoms with Crippen LogP contribution in [0.15, 0.2) is 0 Å². The van der Waals surface area contributed by atoms with Gasteiger partial charge in [-0.05, 0) is 0 Å². The van der Waals surface area contributed by atoms with E-state index in [1.54, 1.807) is 0 Å². The van der Waals surface area contributed by atoms with E-state index in [2.05, 4.69) is 0 Å². The monoisotopic (exact) mass is 211 g/mol. The fourth-order valence-corrected chi connectivity index (χ4v) is 1.39. The number of amides is 2. The Hall–Kier alpha value is -0.750. The summed E-state index contributed by atoms with van der Waals surface area (Å²) in [6.07, 6.45) is 0. The summed E-state index contributed by atoms with van der Waals surface area (Å²) >= 11 is 0.830. The van der Waals surface area contributed by atoms with Crippen molar-refractivity contribution in [3.8, 4) is 0 Å². The average molecular weight is 212 g/mol. The summed E-state index contributed by atoms with van der Waals surface area (Å²) in [5.41, 5.74) is 0. The molecule has 1 aliphatic rings. The van der Waals surface area contributed by atoms with Gasteiger partial charge in [-0.25, -0.2) is 0 Å². The zero-order valence-corrected chi connectivity index (χ0v) is 7.48. The summed E-state index contributed by atoms with van der Waals surface area (Å²) in [5, 5.41) is 7.78. The third kappa shape index (κ3) is 2.38. The number of hydrogen-bond acceptors (Lipinski definition) is 4. The molecule has 0 radical (unpaired) electrons. The van der Waals surface area contributed by atoms with Crippen LogP contribution in [0.2, 0.25) is 0 Å². The Labute approximate surface area is 78.5 Å². The molecule has 1 aliphatic heterocycles. The standard InChI is InChI=1S/C5H5NO4S.ClH/c7-3-2-11-5(10)6(3)1-4(8)9;/h1-2H2,(H,8,9);1H. The highest BCUT2D eigenvalue weighted by Gasteiger charge is 2.31. The minimum Gasteiger partial charge on any atom is -0.480 e. The van der Waals surface area contributed by atoms with Crippen LogP contribution in [0.1, 0.15) is 0 Å². The van der Waals surface area contributed by atoms with Gasteiger partial charge in [-0.1, -0.05) is 11.8 Å². The van der Waals surface area contributed by atoms with Crippen molar-refractivity contribution in [3.63, 3.8) is 0 Å². The second-order valence-electron chi connectivity index (χ2n) is 1.93. The SMILES string of the molecule is Cl.O=C(O)CN1C(=O)CSC1=O. The number of halogens is 1. The summed E-state index contributed by atoms with van der Waals surface area (Å²) in [6, 6.07) is 0. The number of aliphatic carboxylic acids is 1. The molecule has 1 saturated heterocycles. The molecule has 0 aromatic rings. The maximum absolute atomic E-state index is 10.7. The second kappa shape index (κ2) is 4.32. The number of carboxylic acid groups (broad SMARTS) is 1. The van der Waals surface area contributed by atoms with Crippen molar-refractivity contribution < 1.29 is 19.5 Å². The van der Waals surface area contributed by atoms with Gasteiger partial charge in [0.25, 0.3) is 5.24 Å². The minimum absolute atomic E-state index is 0. The van der Waals surface area contributed by atoms with Gasteiger partial charge in [0.15, 0.2) is 0 Å². The summed E-state index contributed by atoms with van der Waals surface area (Å²) in [6.45, 7) is -0.523. The number of carbonyl (C=O) groups excluding carboxylic acids is 2. The summed E-state index contributed by atoms with van der Waals surface area (Å²) in [5.74, 6) is -1.54. The molecule has 0 aliphatic carbocycles. The topological polar surface area (TPSA) is 74.7 Å². The Morgan fingerprint density at radius 1 is 1.58 bits per heavy atom. The van der Waals surface area contributed by atoms with E-state index in [1.807, 2.05) is 0 Å². The van der Waals surface area contributed by atoms with Crippen LogP contribution < -0.4 is 0 Å². The summed E-state index contributed by atoms with van der Waals surface area (Å²) < 4.78 is 0. The molecule has 7 heteroatoms. The van der Waals surface area contributed by atoms with Crippen LogP contribution in [0.4, 0.5) is 4.79 Å². The number of thioether (sulfide) groups is 1. The number of hydrogen-bond donors (Lipinski definition) is 1. The van der Waals surface area contributed by atoms with Crippen molar-refractivity contribution in [1.82, 2.24) is 4.90 Å². The first-order valence-corrected chi connectivity index (χ1v) is 3.78. The molecule has 1 N–H and O–H groups in total. The van der Waals surface area contributed by atoms with Crippen molar-refractivity contribution in [2.45, 2.75) is 0 Å². The third-order valence-corrected chi connectivity index (χ3v) is 1.99. The molecule has 0 unspecified atom stereocenters. The summed E-state index contributed by atoms with van der Waals surface area (Å²) in [7, 11) is 0. The van der Waals surface area contributed by atoms with Gasteiger partial charge in [-0.3, -0.25) is 19.3 Å². The van der Waals surface area contributed by atoms with E-state index in [4.69, 9.17) is 5.11 Å². The maximum atomic E-state index is 10.7. The lowest BCUT2D eigenvalue weighted by Crippen LogP contribution is -2.33. The predicted molar refractivity (Wildman–Crippen MR) is 44.5 cm³/mol. The molecular formula is C5H6ClNO4S. The Kier molecular flexibility index (Phi) is 4.05. The van der Waals surface area contributed by atoms with Gasteiger partial charge in [0.1, 0.15) is 6.54 Å². The molecule has 0 aromatic heterocycles. The van der Waals surface area contributed by atoms with Gasteiger partial charge in [-0.15, -0.1) is 12.4 Å². The number of rotatable bonds is 2. The minimum atomic E-state index is -1.17. The zero-order chi connectivity index (χ0) is 8.43. The first-order valence-electron chi connectivity index (χ1n) is 2.80. The Morgan fingerprint density at radius 3 is 2.50 bits per heavy atom. The van der Waals surface area contributed by atoms with Crippen LogP contribution in [0, 0.1) is 0 Å². The van der Waals surface area contributed by atoms with Gasteiger partial charge in [0.05, 0.1) is 5.75 Å². The van der Waals surface area contributed by atoms with Crippen LogP contribution in [0.3, 0.4) is 0 Å². The lowest BCUT2D eigenvalue weighted by atomic mass is 10.5. The quantitative estimate of drug-likeness (QED) is 0.706. The fourth-order valence-electron chi connectivity index (χ4n) is 0.669. The molecular weight excluding hydrogens is 206 g/mol. The van der Waals surface area contributed by atoms with Gasteiger partial charge in [0, 0.05) is 0 Å². The molecule has 0 aromatic carbocycles. The van der Waals surface area contributed by atoms with Gasteiger partial charge < -0.3 is 5.11 Å². The van der Waals surface area contributed by atoms with Crippen molar-refractivity contribution in [2.75, 3.05) is 12.3 Å². The Bertz CT molecular complexity index is 215. The number of carbonyl (C=O) groups is 3. The highest BCUT2D eigenvalue weighted by atomic mass is 35.5. The highest BCUT2D eigenvalue weighted by molar-refractivity contribution is 8.14. The van der Waals surface area contributed by atoms with Crippen LogP contribution in [-0.2, 0) is 9.59 Å². The molecule has 1 heterocycles. The third-order valence-electron chi connectivity index (χ3n) is 1.13. The molecule has 12 heavy (non-hydrogen) atoms. The van der Waals surface area contributed by atoms with Gasteiger partial charge in [-0.2, -0.15) is 0 Å². The lowest BCUT2D eigenvalue weighted by molar-refractivity contribution is -0.141. The van der Waals surface area contributed by atoms with Gasteiger partial charge in [0.2, 0.25) is 5.91 Å². The Morgan fingerprint density at radius 2 is 2.17 bits per heavy atom. The van der Waals surface area contributed by atoms with Crippen molar-refractivity contribution in [1.29, 1.82) is 0 Å². The van der Waals surface area contributed by atoms with Crippen LogP contribution in [0.25, 0.3) is 0 Å². The van der Waals surface area contributed by atoms with E-state index in [1.165, 1.54) is 0 Å². The van der Waals surface area contributed by atoms with Crippen molar-refractivity contribution >= 4 is 41.3 Å². The molecule has 68 valence electrons. The van der Waals surface area contributed by atoms with E-state index in [0.717, 1.165) is 16.7 Å². The molecule has 1 rings (SSSR count). The van der Waals surface area contributed by atoms with E-state index in [0.29, 0.717) is 0 Å². The average Bonchev–Trinajstić information content (AvgIpc) is 2.18. The fraction of sp³-hybridized carbons (Fsp3) is 0.400. The first-order chi connectivity index (χ1) is 5.11. The van der Waals surface area contributed by atoms with E-state index in [9.17, 15) is 14.4 Å². The lowest BCUT2D eigenvalue weighted by Gasteiger charge is -2.07. The number of nitrogens with zero attached hydrogens (tertiary/aromatic N) is 1. The molecule has 0 atom stereocenters.